The molecular formula is C14H22N2O4S. The predicted molar refractivity (Wildman–Crippen MR) is 81.1 cm³/mol. The molecule has 0 radical (unpaired) electrons. The van der Waals surface area contributed by atoms with E-state index >= 15 is 0 Å². The number of benzene rings is 1. The maximum absolute atomic E-state index is 11.9. The molecule has 1 aromatic carbocycles. The number of ether oxygens (including phenoxy) is 2. The molecule has 0 amide bonds. The highest BCUT2D eigenvalue weighted by Gasteiger charge is 2.17. The Morgan fingerprint density at radius 2 is 2.14 bits per heavy atom. The van der Waals surface area contributed by atoms with E-state index in [1.165, 1.54) is 0 Å². The normalized spacial score (nSPS) is 19.4. The Hall–Kier alpha value is -1.15. The fraction of sp³-hybridized carbons (Fsp3) is 0.571. The molecule has 0 spiro atoms. The molecule has 6 nitrogen and oxygen atoms in total. The van der Waals surface area contributed by atoms with Crippen LogP contribution < -0.4 is 14.8 Å². The first kappa shape index (κ1) is 16.2. The van der Waals surface area contributed by atoms with E-state index in [9.17, 15) is 8.42 Å². The van der Waals surface area contributed by atoms with E-state index in [1.54, 1.807) is 0 Å². The van der Waals surface area contributed by atoms with Crippen molar-refractivity contribution in [1.82, 2.24) is 10.0 Å². The van der Waals surface area contributed by atoms with Crippen LogP contribution in [0.1, 0.15) is 5.56 Å². The van der Waals surface area contributed by atoms with Gasteiger partial charge in [0, 0.05) is 19.6 Å². The largest absolute Gasteiger partial charge is 0.492 e. The van der Waals surface area contributed by atoms with E-state index in [-0.39, 0.29) is 18.5 Å². The van der Waals surface area contributed by atoms with Gasteiger partial charge in [-0.15, -0.1) is 0 Å². The topological polar surface area (TPSA) is 76.7 Å². The standard InChI is InChI=1S/C14H22N2O4S/c1-12-2-4-13(5-3-12)20-8-9-21(17,18)16-11-14-10-15-6-7-19-14/h2-5,14-16H,6-11H2,1H3. The molecule has 1 heterocycles. The van der Waals surface area contributed by atoms with Gasteiger partial charge in [-0.05, 0) is 19.1 Å². The van der Waals surface area contributed by atoms with Crippen molar-refractivity contribution >= 4 is 10.0 Å². The number of nitrogens with one attached hydrogen (secondary N) is 2. The Balaban J connectivity index is 1.69. The SMILES string of the molecule is Cc1ccc(OCCS(=O)(=O)NCC2CNCCO2)cc1. The van der Waals surface area contributed by atoms with Crippen LogP contribution in [0.2, 0.25) is 0 Å². The molecule has 1 atom stereocenters. The molecule has 7 heteroatoms. The molecule has 1 saturated heterocycles. The molecule has 1 fully saturated rings. The lowest BCUT2D eigenvalue weighted by molar-refractivity contribution is 0.0324. The van der Waals surface area contributed by atoms with E-state index < -0.39 is 10.0 Å². The molecule has 21 heavy (non-hydrogen) atoms. The van der Waals surface area contributed by atoms with Gasteiger partial charge in [-0.2, -0.15) is 0 Å². The minimum absolute atomic E-state index is 0.0684. The maximum atomic E-state index is 11.9. The lowest BCUT2D eigenvalue weighted by Gasteiger charge is -2.23. The predicted octanol–water partition coefficient (Wildman–Crippen LogP) is 0.282. The van der Waals surface area contributed by atoms with E-state index in [1.807, 2.05) is 31.2 Å². The van der Waals surface area contributed by atoms with Gasteiger partial charge in [0.05, 0.1) is 18.5 Å². The summed E-state index contributed by atoms with van der Waals surface area (Å²) in [5.41, 5.74) is 1.14. The molecule has 1 aliphatic heterocycles. The van der Waals surface area contributed by atoms with Gasteiger partial charge in [0.1, 0.15) is 12.4 Å². The molecule has 1 aliphatic rings. The molecule has 1 unspecified atom stereocenters. The molecule has 0 bridgehead atoms. The minimum Gasteiger partial charge on any atom is -0.492 e. The van der Waals surface area contributed by atoms with Crippen molar-refractivity contribution in [3.63, 3.8) is 0 Å². The van der Waals surface area contributed by atoms with Crippen LogP contribution >= 0.6 is 0 Å². The van der Waals surface area contributed by atoms with Crippen LogP contribution in [0.25, 0.3) is 0 Å². The van der Waals surface area contributed by atoms with Crippen LogP contribution in [0.15, 0.2) is 24.3 Å². The third-order valence-corrected chi connectivity index (χ3v) is 4.49. The van der Waals surface area contributed by atoms with Gasteiger partial charge >= 0.3 is 0 Å². The van der Waals surface area contributed by atoms with Crippen molar-refractivity contribution in [2.24, 2.45) is 0 Å². The Labute approximate surface area is 125 Å². The molecule has 0 saturated carbocycles. The quantitative estimate of drug-likeness (QED) is 0.756. The van der Waals surface area contributed by atoms with Crippen molar-refractivity contribution in [1.29, 1.82) is 0 Å². The second kappa shape index (κ2) is 7.74. The van der Waals surface area contributed by atoms with Gasteiger partial charge in [0.15, 0.2) is 0 Å². The van der Waals surface area contributed by atoms with Gasteiger partial charge in [0.25, 0.3) is 0 Å². The van der Waals surface area contributed by atoms with Crippen LogP contribution in [0.4, 0.5) is 0 Å². The summed E-state index contributed by atoms with van der Waals surface area (Å²) in [6.45, 7) is 4.50. The Kier molecular flexibility index (Phi) is 5.98. The van der Waals surface area contributed by atoms with Gasteiger partial charge in [-0.1, -0.05) is 17.7 Å². The van der Waals surface area contributed by atoms with Crippen LogP contribution in [0, 0.1) is 6.92 Å². The third-order valence-electron chi connectivity index (χ3n) is 3.18. The zero-order valence-electron chi connectivity index (χ0n) is 12.2. The number of hydrogen-bond donors (Lipinski definition) is 2. The molecule has 2 N–H and O–H groups in total. The second-order valence-corrected chi connectivity index (χ2v) is 6.95. The van der Waals surface area contributed by atoms with Crippen molar-refractivity contribution in [2.45, 2.75) is 13.0 Å². The summed E-state index contributed by atoms with van der Waals surface area (Å²) in [7, 11) is -3.34. The zero-order valence-corrected chi connectivity index (χ0v) is 13.0. The Morgan fingerprint density at radius 1 is 1.38 bits per heavy atom. The number of sulfonamides is 1. The third kappa shape index (κ3) is 6.01. The smallest absolute Gasteiger partial charge is 0.215 e. The highest BCUT2D eigenvalue weighted by molar-refractivity contribution is 7.89. The number of hydrogen-bond acceptors (Lipinski definition) is 5. The van der Waals surface area contributed by atoms with Crippen LogP contribution in [-0.4, -0.2) is 53.1 Å². The first-order valence-corrected chi connectivity index (χ1v) is 8.69. The summed E-state index contributed by atoms with van der Waals surface area (Å²) in [5.74, 6) is 0.608. The molecule has 0 aliphatic carbocycles. The summed E-state index contributed by atoms with van der Waals surface area (Å²) < 4.78 is 37.1. The van der Waals surface area contributed by atoms with Gasteiger partial charge in [-0.3, -0.25) is 0 Å². The van der Waals surface area contributed by atoms with Crippen molar-refractivity contribution in [3.05, 3.63) is 29.8 Å². The summed E-state index contributed by atoms with van der Waals surface area (Å²) in [6.07, 6.45) is -0.105. The average Bonchev–Trinajstić information content (AvgIpc) is 2.48. The highest BCUT2D eigenvalue weighted by atomic mass is 32.2. The van der Waals surface area contributed by atoms with E-state index in [4.69, 9.17) is 9.47 Å². The minimum atomic E-state index is -3.34. The van der Waals surface area contributed by atoms with Gasteiger partial charge in [0.2, 0.25) is 10.0 Å². The van der Waals surface area contributed by atoms with E-state index in [0.717, 1.165) is 12.1 Å². The van der Waals surface area contributed by atoms with Gasteiger partial charge < -0.3 is 14.8 Å². The van der Waals surface area contributed by atoms with Crippen molar-refractivity contribution in [3.8, 4) is 5.75 Å². The summed E-state index contributed by atoms with van der Waals surface area (Å²) >= 11 is 0. The number of rotatable bonds is 7. The first-order valence-electron chi connectivity index (χ1n) is 7.04. The molecule has 0 aromatic heterocycles. The zero-order chi connectivity index (χ0) is 15.1. The molecular weight excluding hydrogens is 292 g/mol. The lowest BCUT2D eigenvalue weighted by atomic mass is 10.2. The molecule has 2 rings (SSSR count). The van der Waals surface area contributed by atoms with Gasteiger partial charge in [-0.25, -0.2) is 13.1 Å². The van der Waals surface area contributed by atoms with Crippen LogP contribution in [0.3, 0.4) is 0 Å². The molecule has 118 valence electrons. The Bertz CT molecular complexity index is 524. The van der Waals surface area contributed by atoms with Crippen LogP contribution in [0.5, 0.6) is 5.75 Å². The average molecular weight is 314 g/mol. The molecule has 1 aromatic rings. The number of aryl methyl sites for hydroxylation is 1. The summed E-state index contributed by atoms with van der Waals surface area (Å²) in [4.78, 5) is 0. The van der Waals surface area contributed by atoms with Crippen molar-refractivity contribution < 1.29 is 17.9 Å². The first-order chi connectivity index (χ1) is 10.1. The lowest BCUT2D eigenvalue weighted by Crippen LogP contribution is -2.45. The maximum Gasteiger partial charge on any atom is 0.215 e. The fourth-order valence-electron chi connectivity index (χ4n) is 1.95. The fourth-order valence-corrected chi connectivity index (χ4v) is 2.83. The summed E-state index contributed by atoms with van der Waals surface area (Å²) in [5, 5.41) is 3.16. The highest BCUT2D eigenvalue weighted by Crippen LogP contribution is 2.11. The van der Waals surface area contributed by atoms with E-state index in [0.29, 0.717) is 25.4 Å². The van der Waals surface area contributed by atoms with Crippen molar-refractivity contribution in [2.75, 3.05) is 38.6 Å². The summed E-state index contributed by atoms with van der Waals surface area (Å²) in [6, 6.07) is 7.51. The monoisotopic (exact) mass is 314 g/mol. The Morgan fingerprint density at radius 3 is 2.81 bits per heavy atom. The van der Waals surface area contributed by atoms with E-state index in [2.05, 4.69) is 10.0 Å². The van der Waals surface area contributed by atoms with Crippen LogP contribution in [-0.2, 0) is 14.8 Å². The number of morpholine rings is 1. The second-order valence-electron chi connectivity index (χ2n) is 5.03.